The monoisotopic (exact) mass is 403 g/mol. The Morgan fingerprint density at radius 2 is 1.66 bits per heavy atom. The number of pyridine rings is 1. The van der Waals surface area contributed by atoms with Gasteiger partial charge in [0.15, 0.2) is 0 Å². The van der Waals surface area contributed by atoms with Crippen LogP contribution in [0.1, 0.15) is 34.9 Å². The van der Waals surface area contributed by atoms with Crippen molar-refractivity contribution in [2.45, 2.75) is 64.3 Å². The summed E-state index contributed by atoms with van der Waals surface area (Å²) in [6.45, 7) is 5.40. The summed E-state index contributed by atoms with van der Waals surface area (Å²) in [5, 5.41) is 39.6. The molecule has 1 saturated heterocycles. The molecule has 0 radical (unpaired) electrons. The molecule has 1 aromatic carbocycles. The number of aliphatic hydroxyl groups excluding tert-OH is 4. The van der Waals surface area contributed by atoms with Gasteiger partial charge in [-0.05, 0) is 43.0 Å². The zero-order valence-corrected chi connectivity index (χ0v) is 16.9. The van der Waals surface area contributed by atoms with Crippen LogP contribution in [0.5, 0.6) is 5.88 Å². The van der Waals surface area contributed by atoms with Crippen LogP contribution in [0.3, 0.4) is 0 Å². The molecule has 2 heterocycles. The van der Waals surface area contributed by atoms with Gasteiger partial charge in [0.2, 0.25) is 12.2 Å². The normalized spacial score (nSPS) is 27.1. The molecule has 0 bridgehead atoms. The highest BCUT2D eigenvalue weighted by atomic mass is 16.7. The van der Waals surface area contributed by atoms with Crippen LogP contribution < -0.4 is 4.74 Å². The largest absolute Gasteiger partial charge is 0.445 e. The first kappa shape index (κ1) is 21.7. The summed E-state index contributed by atoms with van der Waals surface area (Å²) in [5.74, 6) is 0.298. The van der Waals surface area contributed by atoms with E-state index in [1.54, 1.807) is 0 Å². The molecule has 2 aromatic rings. The number of hydrogen-bond donors (Lipinski definition) is 4. The number of ether oxygens (including phenoxy) is 2. The molecule has 0 saturated carbocycles. The third-order valence-corrected chi connectivity index (χ3v) is 5.33. The SMILES string of the molecule is CCc1ccc(Cc2c(C)cc(C)nc2O[C@@H]2O[C@H](CO)[C@@H](O)[C@H](O)[C@H]2O)cc1. The number of hydrogen-bond acceptors (Lipinski definition) is 7. The van der Waals surface area contributed by atoms with Crippen LogP contribution in [-0.4, -0.2) is 62.7 Å². The Balaban J connectivity index is 1.88. The second-order valence-electron chi connectivity index (χ2n) is 7.53. The van der Waals surface area contributed by atoms with Crippen molar-refractivity contribution in [1.82, 2.24) is 4.98 Å². The van der Waals surface area contributed by atoms with Crippen molar-refractivity contribution in [2.75, 3.05) is 6.61 Å². The molecule has 158 valence electrons. The van der Waals surface area contributed by atoms with Crippen LogP contribution in [0.15, 0.2) is 30.3 Å². The molecule has 1 aliphatic heterocycles. The average Bonchev–Trinajstić information content (AvgIpc) is 2.71. The summed E-state index contributed by atoms with van der Waals surface area (Å²) >= 11 is 0. The standard InChI is InChI=1S/C22H29NO6/c1-4-14-5-7-15(8-6-14)10-16-12(2)9-13(3)23-21(16)29-22-20(27)19(26)18(25)17(11-24)28-22/h5-9,17-20,22,24-27H,4,10-11H2,1-3H3/t17-,18-,19+,20-,22+/m1/s1. The quantitative estimate of drug-likeness (QED) is 0.570. The second kappa shape index (κ2) is 9.19. The average molecular weight is 403 g/mol. The van der Waals surface area contributed by atoms with Crippen LogP contribution in [0, 0.1) is 13.8 Å². The van der Waals surface area contributed by atoms with Crippen LogP contribution in [0.4, 0.5) is 0 Å². The van der Waals surface area contributed by atoms with E-state index in [4.69, 9.17) is 9.47 Å². The van der Waals surface area contributed by atoms with Crippen LogP contribution >= 0.6 is 0 Å². The fourth-order valence-corrected chi connectivity index (χ4v) is 3.51. The lowest BCUT2D eigenvalue weighted by molar-refractivity contribution is -0.278. The molecule has 1 fully saturated rings. The Morgan fingerprint density at radius 3 is 2.28 bits per heavy atom. The van der Waals surface area contributed by atoms with E-state index in [2.05, 4.69) is 36.2 Å². The summed E-state index contributed by atoms with van der Waals surface area (Å²) in [7, 11) is 0. The first-order valence-electron chi connectivity index (χ1n) is 9.86. The lowest BCUT2D eigenvalue weighted by Gasteiger charge is -2.39. The Bertz CT molecular complexity index is 823. The van der Waals surface area contributed by atoms with E-state index in [9.17, 15) is 20.4 Å². The zero-order chi connectivity index (χ0) is 21.1. The summed E-state index contributed by atoms with van der Waals surface area (Å²) in [6, 6.07) is 10.3. The van der Waals surface area contributed by atoms with Crippen molar-refractivity contribution in [3.63, 3.8) is 0 Å². The smallest absolute Gasteiger partial charge is 0.231 e. The van der Waals surface area contributed by atoms with Gasteiger partial charge in [-0.2, -0.15) is 0 Å². The number of benzene rings is 1. The van der Waals surface area contributed by atoms with Gasteiger partial charge in [-0.25, -0.2) is 4.98 Å². The highest BCUT2D eigenvalue weighted by Gasteiger charge is 2.45. The van der Waals surface area contributed by atoms with Gasteiger partial charge in [0, 0.05) is 17.7 Å². The van der Waals surface area contributed by atoms with Gasteiger partial charge in [-0.15, -0.1) is 0 Å². The summed E-state index contributed by atoms with van der Waals surface area (Å²) < 4.78 is 11.3. The minimum atomic E-state index is -1.50. The maximum absolute atomic E-state index is 10.3. The maximum atomic E-state index is 10.3. The van der Waals surface area contributed by atoms with Gasteiger partial charge in [0.05, 0.1) is 6.61 Å². The Hall–Kier alpha value is -2.03. The summed E-state index contributed by atoms with van der Waals surface area (Å²) in [5.41, 5.74) is 4.92. The highest BCUT2D eigenvalue weighted by molar-refractivity contribution is 5.40. The van der Waals surface area contributed by atoms with Crippen molar-refractivity contribution in [2.24, 2.45) is 0 Å². The van der Waals surface area contributed by atoms with Gasteiger partial charge in [-0.3, -0.25) is 0 Å². The van der Waals surface area contributed by atoms with Gasteiger partial charge >= 0.3 is 0 Å². The molecule has 0 spiro atoms. The van der Waals surface area contributed by atoms with Gasteiger partial charge in [0.1, 0.15) is 24.4 Å². The number of aromatic nitrogens is 1. The van der Waals surface area contributed by atoms with E-state index in [1.165, 1.54) is 5.56 Å². The molecular weight excluding hydrogens is 374 g/mol. The summed E-state index contributed by atoms with van der Waals surface area (Å²) in [6.07, 6.45) is -5.16. The number of rotatable bonds is 6. The predicted octanol–water partition coefficient (Wildman–Crippen LogP) is 1.03. The number of nitrogens with zero attached hydrogens (tertiary/aromatic N) is 1. The van der Waals surface area contributed by atoms with Gasteiger partial charge < -0.3 is 29.9 Å². The first-order valence-corrected chi connectivity index (χ1v) is 9.86. The van der Waals surface area contributed by atoms with Crippen molar-refractivity contribution in [3.05, 3.63) is 58.3 Å². The first-order chi connectivity index (χ1) is 13.8. The Morgan fingerprint density at radius 1 is 1.00 bits per heavy atom. The Labute approximate surface area is 170 Å². The highest BCUT2D eigenvalue weighted by Crippen LogP contribution is 2.29. The molecule has 0 aliphatic carbocycles. The van der Waals surface area contributed by atoms with E-state index in [0.717, 1.165) is 28.8 Å². The molecule has 5 atom stereocenters. The van der Waals surface area contributed by atoms with Gasteiger partial charge in [0.25, 0.3) is 0 Å². The van der Waals surface area contributed by atoms with E-state index < -0.39 is 37.3 Å². The van der Waals surface area contributed by atoms with Gasteiger partial charge in [-0.1, -0.05) is 31.2 Å². The molecule has 0 amide bonds. The third kappa shape index (κ3) is 4.76. The van der Waals surface area contributed by atoms with Crippen molar-refractivity contribution in [1.29, 1.82) is 0 Å². The topological polar surface area (TPSA) is 112 Å². The fraction of sp³-hybridized carbons (Fsp3) is 0.500. The number of aryl methyl sites for hydroxylation is 3. The van der Waals surface area contributed by atoms with Crippen LogP contribution in [0.2, 0.25) is 0 Å². The van der Waals surface area contributed by atoms with Crippen LogP contribution in [-0.2, 0) is 17.6 Å². The lowest BCUT2D eigenvalue weighted by Crippen LogP contribution is -2.60. The van der Waals surface area contributed by atoms with Crippen LogP contribution in [0.25, 0.3) is 0 Å². The number of aliphatic hydroxyl groups is 4. The fourth-order valence-electron chi connectivity index (χ4n) is 3.51. The molecule has 0 unspecified atom stereocenters. The molecule has 7 nitrogen and oxygen atoms in total. The molecule has 7 heteroatoms. The lowest BCUT2D eigenvalue weighted by atomic mass is 9.98. The molecular formula is C22H29NO6. The third-order valence-electron chi connectivity index (χ3n) is 5.33. The predicted molar refractivity (Wildman–Crippen MR) is 107 cm³/mol. The van der Waals surface area contributed by atoms with Crippen molar-refractivity contribution < 1.29 is 29.9 Å². The molecule has 1 aromatic heterocycles. The summed E-state index contributed by atoms with van der Waals surface area (Å²) in [4.78, 5) is 4.47. The minimum Gasteiger partial charge on any atom is -0.445 e. The molecule has 29 heavy (non-hydrogen) atoms. The van der Waals surface area contributed by atoms with E-state index in [1.807, 2.05) is 19.9 Å². The molecule has 1 aliphatic rings. The van der Waals surface area contributed by atoms with Crippen molar-refractivity contribution >= 4 is 0 Å². The maximum Gasteiger partial charge on any atom is 0.231 e. The molecule has 4 N–H and O–H groups in total. The Kier molecular flexibility index (Phi) is 6.87. The van der Waals surface area contributed by atoms with E-state index >= 15 is 0 Å². The minimum absolute atomic E-state index is 0.298. The van der Waals surface area contributed by atoms with E-state index in [0.29, 0.717) is 12.3 Å². The zero-order valence-electron chi connectivity index (χ0n) is 16.9. The molecule has 3 rings (SSSR count). The second-order valence-corrected chi connectivity index (χ2v) is 7.53. The van der Waals surface area contributed by atoms with E-state index in [-0.39, 0.29) is 0 Å². The van der Waals surface area contributed by atoms with Crippen molar-refractivity contribution in [3.8, 4) is 5.88 Å².